The second-order valence-electron chi connectivity index (χ2n) is 7.92. The predicted octanol–water partition coefficient (Wildman–Crippen LogP) is 5.15. The monoisotopic (exact) mass is 513 g/mol. The van der Waals surface area contributed by atoms with Gasteiger partial charge in [-0.1, -0.05) is 6.07 Å². The minimum absolute atomic E-state index is 0.0683. The zero-order valence-corrected chi connectivity index (χ0v) is 20.0. The van der Waals surface area contributed by atoms with E-state index in [1.54, 1.807) is 25.1 Å². The highest BCUT2D eigenvalue weighted by molar-refractivity contribution is 6.05. The van der Waals surface area contributed by atoms with Crippen molar-refractivity contribution < 1.29 is 37.0 Å². The molecule has 0 unspecified atom stereocenters. The average molecular weight is 513 g/mol. The van der Waals surface area contributed by atoms with Gasteiger partial charge in [0, 0.05) is 28.9 Å². The Labute approximate surface area is 209 Å². The number of nitrogens with zero attached hydrogens (tertiary/aromatic N) is 2. The maximum atomic E-state index is 13.3. The van der Waals surface area contributed by atoms with E-state index in [9.17, 15) is 23.1 Å². The second kappa shape index (κ2) is 10.3. The summed E-state index contributed by atoms with van der Waals surface area (Å²) in [4.78, 5) is 22.0. The number of nitrogens with one attached hydrogen (secondary N) is 1. The zero-order chi connectivity index (χ0) is 26.7. The van der Waals surface area contributed by atoms with Gasteiger partial charge in [-0.2, -0.15) is 13.2 Å². The maximum absolute atomic E-state index is 13.3. The van der Waals surface area contributed by atoms with Crippen LogP contribution in [0.25, 0.3) is 11.0 Å². The number of pyridine rings is 1. The number of alkyl halides is 3. The molecule has 4 aromatic rings. The molecule has 0 fully saturated rings. The van der Waals surface area contributed by atoms with Gasteiger partial charge in [0.25, 0.3) is 5.91 Å². The quantitative estimate of drug-likeness (QED) is 0.370. The minimum atomic E-state index is -4.58. The molecule has 2 aromatic carbocycles. The molecule has 0 bridgehead atoms. The number of halogens is 3. The van der Waals surface area contributed by atoms with Crippen molar-refractivity contribution in [1.29, 1.82) is 0 Å². The number of aromatic nitrogens is 1. The number of rotatable bonds is 6. The van der Waals surface area contributed by atoms with Gasteiger partial charge in [-0.05, 0) is 43.3 Å². The number of ether oxygens (including phenoxy) is 2. The Balaban J connectivity index is 1.91. The smallest absolute Gasteiger partial charge is 0.416 e. The van der Waals surface area contributed by atoms with Gasteiger partial charge in [0.1, 0.15) is 22.7 Å². The van der Waals surface area contributed by atoms with Crippen molar-refractivity contribution in [3.63, 3.8) is 0 Å². The summed E-state index contributed by atoms with van der Waals surface area (Å²) in [6, 6.07) is 10.5. The largest absolute Gasteiger partial charge is 0.497 e. The van der Waals surface area contributed by atoms with Gasteiger partial charge in [-0.15, -0.1) is 0 Å². The third-order valence-corrected chi connectivity index (χ3v) is 5.52. The SMILES string of the molecule is COc1ccc(N=c2oc3c(C)ncc(CO)c3cc2C(=O)Nc2cccc(C(F)(F)F)c2)c(OC)c1. The molecule has 4 rings (SSSR count). The van der Waals surface area contributed by atoms with Crippen molar-refractivity contribution in [3.05, 3.63) is 82.7 Å². The van der Waals surface area contributed by atoms with Crippen LogP contribution in [0.2, 0.25) is 0 Å². The molecule has 192 valence electrons. The number of fused-ring (bicyclic) bond motifs is 1. The Hall–Kier alpha value is -4.38. The van der Waals surface area contributed by atoms with E-state index < -0.39 is 17.6 Å². The molecule has 0 radical (unpaired) electrons. The highest BCUT2D eigenvalue weighted by Gasteiger charge is 2.30. The van der Waals surface area contributed by atoms with Gasteiger partial charge in [-0.25, -0.2) is 4.99 Å². The molecular formula is C26H22F3N3O5. The van der Waals surface area contributed by atoms with Gasteiger partial charge in [-0.3, -0.25) is 9.78 Å². The lowest BCUT2D eigenvalue weighted by molar-refractivity contribution is -0.137. The van der Waals surface area contributed by atoms with Crippen LogP contribution in [0.5, 0.6) is 11.5 Å². The summed E-state index contributed by atoms with van der Waals surface area (Å²) < 4.78 is 56.1. The lowest BCUT2D eigenvalue weighted by atomic mass is 10.1. The number of hydrogen-bond acceptors (Lipinski definition) is 7. The first-order chi connectivity index (χ1) is 17.6. The number of amides is 1. The van der Waals surface area contributed by atoms with Crippen LogP contribution in [0.4, 0.5) is 24.5 Å². The average Bonchev–Trinajstić information content (AvgIpc) is 2.88. The Morgan fingerprint density at radius 1 is 1.14 bits per heavy atom. The number of methoxy groups -OCH3 is 2. The minimum Gasteiger partial charge on any atom is -0.497 e. The van der Waals surface area contributed by atoms with Gasteiger partial charge >= 0.3 is 6.18 Å². The van der Waals surface area contributed by atoms with Crippen LogP contribution in [0, 0.1) is 6.92 Å². The summed E-state index contributed by atoms with van der Waals surface area (Å²) in [6.07, 6.45) is -3.13. The van der Waals surface area contributed by atoms with E-state index in [2.05, 4.69) is 15.3 Å². The van der Waals surface area contributed by atoms with E-state index in [4.69, 9.17) is 13.9 Å². The summed E-state index contributed by atoms with van der Waals surface area (Å²) in [5, 5.41) is 12.7. The van der Waals surface area contributed by atoms with E-state index in [0.717, 1.165) is 12.1 Å². The summed E-state index contributed by atoms with van der Waals surface area (Å²) in [5.74, 6) is 0.0776. The number of carbonyl (C=O) groups excluding carboxylic acids is 1. The first kappa shape index (κ1) is 25.7. The van der Waals surface area contributed by atoms with Crippen molar-refractivity contribution in [2.24, 2.45) is 4.99 Å². The van der Waals surface area contributed by atoms with Crippen LogP contribution in [0.3, 0.4) is 0 Å². The normalized spacial score (nSPS) is 12.0. The Bertz CT molecular complexity index is 1550. The molecule has 0 saturated heterocycles. The third kappa shape index (κ3) is 5.41. The molecular weight excluding hydrogens is 491 g/mol. The molecule has 11 heteroatoms. The first-order valence-electron chi connectivity index (χ1n) is 10.9. The van der Waals surface area contributed by atoms with Crippen LogP contribution in [0.15, 0.2) is 64.1 Å². The molecule has 8 nitrogen and oxygen atoms in total. The summed E-state index contributed by atoms with van der Waals surface area (Å²) >= 11 is 0. The van der Waals surface area contributed by atoms with Crippen LogP contribution in [0.1, 0.15) is 27.2 Å². The molecule has 2 heterocycles. The number of aliphatic hydroxyl groups excluding tert-OH is 1. The molecule has 2 N–H and O–H groups in total. The number of aliphatic hydroxyl groups is 1. The third-order valence-electron chi connectivity index (χ3n) is 5.52. The maximum Gasteiger partial charge on any atom is 0.416 e. The van der Waals surface area contributed by atoms with E-state index in [1.165, 1.54) is 38.6 Å². The van der Waals surface area contributed by atoms with E-state index in [-0.39, 0.29) is 29.0 Å². The fraction of sp³-hybridized carbons (Fsp3) is 0.192. The van der Waals surface area contributed by atoms with Gasteiger partial charge < -0.3 is 24.3 Å². The van der Waals surface area contributed by atoms with Gasteiger partial charge in [0.05, 0.1) is 32.1 Å². The van der Waals surface area contributed by atoms with Crippen LogP contribution < -0.4 is 20.3 Å². The number of benzene rings is 2. The molecule has 37 heavy (non-hydrogen) atoms. The molecule has 0 atom stereocenters. The van der Waals surface area contributed by atoms with Crippen LogP contribution >= 0.6 is 0 Å². The lowest BCUT2D eigenvalue weighted by Crippen LogP contribution is -2.22. The topological polar surface area (TPSA) is 106 Å². The Kier molecular flexibility index (Phi) is 7.16. The molecule has 0 saturated carbocycles. The van der Waals surface area contributed by atoms with E-state index in [1.807, 2.05) is 0 Å². The van der Waals surface area contributed by atoms with Gasteiger partial charge in [0.2, 0.25) is 5.55 Å². The molecule has 1 amide bonds. The van der Waals surface area contributed by atoms with Crippen LogP contribution in [-0.4, -0.2) is 30.2 Å². The molecule has 2 aromatic heterocycles. The van der Waals surface area contributed by atoms with Crippen molar-refractivity contribution in [2.45, 2.75) is 19.7 Å². The number of hydrogen-bond donors (Lipinski definition) is 2. The Morgan fingerprint density at radius 2 is 1.92 bits per heavy atom. The number of aryl methyl sites for hydroxylation is 1. The molecule has 0 spiro atoms. The summed E-state index contributed by atoms with van der Waals surface area (Å²) in [7, 11) is 2.93. The van der Waals surface area contributed by atoms with Crippen molar-refractivity contribution in [3.8, 4) is 11.5 Å². The molecule has 0 aliphatic heterocycles. The Morgan fingerprint density at radius 3 is 2.59 bits per heavy atom. The summed E-state index contributed by atoms with van der Waals surface area (Å²) in [6.45, 7) is 1.31. The first-order valence-corrected chi connectivity index (χ1v) is 10.9. The number of anilines is 1. The fourth-order valence-corrected chi connectivity index (χ4v) is 3.62. The standard InChI is InChI=1S/C26H22F3N3O5/c1-14-23-19(15(13-33)12-30-14)11-20(24(34)31-17-6-4-5-16(9-17)26(27,28)29)25(37-23)32-21-8-7-18(35-2)10-22(21)36-3/h4-12,33H,13H2,1-3H3,(H,31,34). The second-order valence-corrected chi connectivity index (χ2v) is 7.92. The highest BCUT2D eigenvalue weighted by Crippen LogP contribution is 2.32. The van der Waals surface area contributed by atoms with Crippen molar-refractivity contribution >= 4 is 28.3 Å². The zero-order valence-electron chi connectivity index (χ0n) is 20.0. The van der Waals surface area contributed by atoms with Crippen molar-refractivity contribution in [2.75, 3.05) is 19.5 Å². The summed E-state index contributed by atoms with van der Waals surface area (Å²) in [5.41, 5.74) is 0.272. The van der Waals surface area contributed by atoms with Crippen LogP contribution in [-0.2, 0) is 12.8 Å². The highest BCUT2D eigenvalue weighted by atomic mass is 19.4. The number of carbonyl (C=O) groups is 1. The lowest BCUT2D eigenvalue weighted by Gasteiger charge is -2.12. The van der Waals surface area contributed by atoms with Gasteiger partial charge in [0.15, 0.2) is 5.58 Å². The van der Waals surface area contributed by atoms with E-state index in [0.29, 0.717) is 33.8 Å². The molecule has 0 aliphatic carbocycles. The predicted molar refractivity (Wildman–Crippen MR) is 129 cm³/mol. The fourth-order valence-electron chi connectivity index (χ4n) is 3.62. The molecule has 0 aliphatic rings. The van der Waals surface area contributed by atoms with Crippen molar-refractivity contribution in [1.82, 2.24) is 4.98 Å². The van der Waals surface area contributed by atoms with E-state index >= 15 is 0 Å².